The van der Waals surface area contributed by atoms with Crippen molar-refractivity contribution in [2.45, 2.75) is 19.4 Å². The summed E-state index contributed by atoms with van der Waals surface area (Å²) in [5.74, 6) is -1.35. The number of carbonyl (C=O) groups excluding carboxylic acids is 1. The third kappa shape index (κ3) is 2.57. The van der Waals surface area contributed by atoms with Crippen LogP contribution in [0.1, 0.15) is 17.5 Å². The fourth-order valence-electron chi connectivity index (χ4n) is 2.48. The minimum Gasteiger partial charge on any atom is -0.481 e. The number of para-hydroxylation sites is 1. The van der Waals surface area contributed by atoms with E-state index < -0.39 is 12.0 Å². The molecule has 6 nitrogen and oxygen atoms in total. The molecule has 0 bridgehead atoms. The van der Waals surface area contributed by atoms with Crippen molar-refractivity contribution in [3.63, 3.8) is 0 Å². The maximum atomic E-state index is 11.9. The molecule has 1 unspecified atom stereocenters. The lowest BCUT2D eigenvalue weighted by molar-refractivity contribution is -0.139. The number of nitrogens with zero attached hydrogens (tertiary/aromatic N) is 2. The quantitative estimate of drug-likeness (QED) is 0.843. The van der Waals surface area contributed by atoms with Crippen LogP contribution in [0.2, 0.25) is 0 Å². The lowest BCUT2D eigenvalue weighted by Gasteiger charge is -2.37. The van der Waals surface area contributed by atoms with Crippen molar-refractivity contribution >= 4 is 17.6 Å². The fourth-order valence-corrected chi connectivity index (χ4v) is 2.48. The standard InChI is InChI=1S/C14H15N3O3/c1-9-3-2-4-10(8-15)13(9)17-6-5-16-14(20)11(17)7-12(18)19/h2-4,11H,5-7H2,1H3,(H,16,20)(H,18,19). The van der Waals surface area contributed by atoms with E-state index in [0.29, 0.717) is 24.3 Å². The molecule has 1 atom stereocenters. The summed E-state index contributed by atoms with van der Waals surface area (Å²) in [5, 5.41) is 20.9. The van der Waals surface area contributed by atoms with Crippen molar-refractivity contribution in [2.75, 3.05) is 18.0 Å². The predicted octanol–water partition coefficient (Wildman–Crippen LogP) is 0.646. The maximum absolute atomic E-state index is 11.9. The van der Waals surface area contributed by atoms with Gasteiger partial charge >= 0.3 is 5.97 Å². The number of benzene rings is 1. The van der Waals surface area contributed by atoms with Crippen molar-refractivity contribution in [3.05, 3.63) is 29.3 Å². The molecule has 104 valence electrons. The number of amides is 1. The van der Waals surface area contributed by atoms with E-state index in [-0.39, 0.29) is 12.3 Å². The molecule has 0 saturated carbocycles. The van der Waals surface area contributed by atoms with Gasteiger partial charge < -0.3 is 15.3 Å². The van der Waals surface area contributed by atoms with Crippen LogP contribution in [0.25, 0.3) is 0 Å². The summed E-state index contributed by atoms with van der Waals surface area (Å²) in [6.45, 7) is 2.78. The van der Waals surface area contributed by atoms with E-state index in [1.54, 1.807) is 17.0 Å². The fraction of sp³-hybridized carbons (Fsp3) is 0.357. The van der Waals surface area contributed by atoms with Gasteiger partial charge in [-0.1, -0.05) is 12.1 Å². The largest absolute Gasteiger partial charge is 0.481 e. The lowest BCUT2D eigenvalue weighted by Crippen LogP contribution is -2.56. The zero-order valence-corrected chi connectivity index (χ0v) is 11.1. The molecule has 1 aromatic carbocycles. The number of hydrogen-bond donors (Lipinski definition) is 2. The van der Waals surface area contributed by atoms with Gasteiger partial charge in [0.25, 0.3) is 0 Å². The lowest BCUT2D eigenvalue weighted by atomic mass is 10.0. The van der Waals surface area contributed by atoms with Crippen LogP contribution < -0.4 is 10.2 Å². The summed E-state index contributed by atoms with van der Waals surface area (Å²) >= 11 is 0. The second-order valence-corrected chi connectivity index (χ2v) is 4.68. The van der Waals surface area contributed by atoms with Crippen LogP contribution in [0.15, 0.2) is 18.2 Å². The minimum absolute atomic E-state index is 0.287. The van der Waals surface area contributed by atoms with Gasteiger partial charge in [-0.25, -0.2) is 0 Å². The summed E-state index contributed by atoms with van der Waals surface area (Å²) in [4.78, 5) is 24.6. The molecule has 0 aliphatic carbocycles. The maximum Gasteiger partial charge on any atom is 0.305 e. The van der Waals surface area contributed by atoms with E-state index in [9.17, 15) is 14.9 Å². The van der Waals surface area contributed by atoms with Gasteiger partial charge in [0.1, 0.15) is 12.1 Å². The molecule has 0 radical (unpaired) electrons. The number of carboxylic acids is 1. The molecule has 0 spiro atoms. The Morgan fingerprint density at radius 2 is 2.35 bits per heavy atom. The Bertz CT molecular complexity index is 592. The van der Waals surface area contributed by atoms with Gasteiger partial charge in [-0.15, -0.1) is 0 Å². The first-order valence-corrected chi connectivity index (χ1v) is 6.30. The van der Waals surface area contributed by atoms with Crippen LogP contribution in [0, 0.1) is 18.3 Å². The van der Waals surface area contributed by atoms with Crippen molar-refractivity contribution in [1.82, 2.24) is 5.32 Å². The number of hydrogen-bond acceptors (Lipinski definition) is 4. The van der Waals surface area contributed by atoms with Crippen LogP contribution in [0.4, 0.5) is 5.69 Å². The van der Waals surface area contributed by atoms with E-state index in [2.05, 4.69) is 11.4 Å². The Hall–Kier alpha value is -2.55. The third-order valence-electron chi connectivity index (χ3n) is 3.34. The summed E-state index contributed by atoms with van der Waals surface area (Å²) in [6, 6.07) is 6.61. The molecule has 1 aliphatic rings. The molecule has 1 aliphatic heterocycles. The molecule has 0 aromatic heterocycles. The number of anilines is 1. The second-order valence-electron chi connectivity index (χ2n) is 4.68. The van der Waals surface area contributed by atoms with Crippen LogP contribution in [0.5, 0.6) is 0 Å². The Morgan fingerprint density at radius 1 is 1.60 bits per heavy atom. The van der Waals surface area contributed by atoms with Crippen molar-refractivity contribution in [1.29, 1.82) is 5.26 Å². The van der Waals surface area contributed by atoms with Gasteiger partial charge in [-0.3, -0.25) is 9.59 Å². The summed E-state index contributed by atoms with van der Waals surface area (Å²) in [6.07, 6.45) is -0.287. The number of piperazine rings is 1. The molecule has 1 heterocycles. The van der Waals surface area contributed by atoms with Gasteiger partial charge in [-0.2, -0.15) is 5.26 Å². The van der Waals surface area contributed by atoms with Crippen molar-refractivity contribution < 1.29 is 14.7 Å². The van der Waals surface area contributed by atoms with Gasteiger partial charge in [-0.05, 0) is 18.6 Å². The van der Waals surface area contributed by atoms with Gasteiger partial charge in [0, 0.05) is 13.1 Å². The van der Waals surface area contributed by atoms with E-state index in [1.165, 1.54) is 0 Å². The molecule has 2 rings (SSSR count). The smallest absolute Gasteiger partial charge is 0.305 e. The summed E-state index contributed by atoms with van der Waals surface area (Å²) < 4.78 is 0. The number of rotatable bonds is 3. The predicted molar refractivity (Wildman–Crippen MR) is 72.3 cm³/mol. The molecule has 2 N–H and O–H groups in total. The molecule has 20 heavy (non-hydrogen) atoms. The first kappa shape index (κ1) is 13.9. The average Bonchev–Trinajstić information content (AvgIpc) is 2.40. The van der Waals surface area contributed by atoms with Crippen LogP contribution in [0.3, 0.4) is 0 Å². The number of nitrogens with one attached hydrogen (secondary N) is 1. The Balaban J connectivity index is 2.46. The monoisotopic (exact) mass is 273 g/mol. The SMILES string of the molecule is Cc1cccc(C#N)c1N1CCNC(=O)C1CC(=O)O. The average molecular weight is 273 g/mol. The summed E-state index contributed by atoms with van der Waals surface area (Å²) in [5.41, 5.74) is 1.96. The number of carbonyl (C=O) groups is 2. The number of aryl methyl sites for hydroxylation is 1. The number of aliphatic carboxylic acids is 1. The highest BCUT2D eigenvalue weighted by molar-refractivity contribution is 5.91. The molecule has 1 saturated heterocycles. The van der Waals surface area contributed by atoms with E-state index >= 15 is 0 Å². The first-order chi connectivity index (χ1) is 9.54. The molecule has 1 amide bonds. The molecule has 1 fully saturated rings. The topological polar surface area (TPSA) is 93.4 Å². The van der Waals surface area contributed by atoms with Crippen molar-refractivity contribution in [2.24, 2.45) is 0 Å². The zero-order chi connectivity index (χ0) is 14.7. The Kier molecular flexibility index (Phi) is 3.89. The van der Waals surface area contributed by atoms with E-state index in [0.717, 1.165) is 5.56 Å². The molecular formula is C14H15N3O3. The Morgan fingerprint density at radius 3 is 3.00 bits per heavy atom. The van der Waals surface area contributed by atoms with E-state index in [1.807, 2.05) is 13.0 Å². The van der Waals surface area contributed by atoms with Crippen LogP contribution in [-0.2, 0) is 9.59 Å². The van der Waals surface area contributed by atoms with Gasteiger partial charge in [0.2, 0.25) is 5.91 Å². The highest BCUT2D eigenvalue weighted by atomic mass is 16.4. The van der Waals surface area contributed by atoms with Crippen LogP contribution in [-0.4, -0.2) is 36.1 Å². The normalized spacial score (nSPS) is 18.3. The van der Waals surface area contributed by atoms with Gasteiger partial charge in [0.15, 0.2) is 0 Å². The number of carboxylic acid groups (broad SMARTS) is 1. The molecule has 1 aromatic rings. The minimum atomic E-state index is -1.04. The Labute approximate surface area is 116 Å². The highest BCUT2D eigenvalue weighted by Gasteiger charge is 2.33. The zero-order valence-electron chi connectivity index (χ0n) is 11.1. The second kappa shape index (κ2) is 5.61. The molecule has 6 heteroatoms. The number of nitriles is 1. The summed E-state index contributed by atoms with van der Waals surface area (Å²) in [7, 11) is 0. The molecular weight excluding hydrogens is 258 g/mol. The van der Waals surface area contributed by atoms with Crippen molar-refractivity contribution in [3.8, 4) is 6.07 Å². The van der Waals surface area contributed by atoms with Crippen LogP contribution >= 0.6 is 0 Å². The van der Waals surface area contributed by atoms with Gasteiger partial charge in [0.05, 0.1) is 17.7 Å². The first-order valence-electron chi connectivity index (χ1n) is 6.30. The van der Waals surface area contributed by atoms with E-state index in [4.69, 9.17) is 5.11 Å². The highest BCUT2D eigenvalue weighted by Crippen LogP contribution is 2.28. The third-order valence-corrected chi connectivity index (χ3v) is 3.34.